The fourth-order valence-electron chi connectivity index (χ4n) is 4.24. The molecular weight excluding hydrogens is 342 g/mol. The highest BCUT2D eigenvalue weighted by molar-refractivity contribution is 5.79. The number of carbonyl (C=O) groups excluding carboxylic acids is 1. The van der Waals surface area contributed by atoms with Gasteiger partial charge in [-0.05, 0) is 42.0 Å². The summed E-state index contributed by atoms with van der Waals surface area (Å²) in [6.45, 7) is 2.42. The minimum Gasteiger partial charge on any atom is -0.481 e. The number of amides is 1. The zero-order chi connectivity index (χ0) is 19.0. The fraction of sp³-hybridized carbons (Fsp3) is 0.364. The van der Waals surface area contributed by atoms with E-state index in [2.05, 4.69) is 24.3 Å². The van der Waals surface area contributed by atoms with E-state index in [0.717, 1.165) is 0 Å². The van der Waals surface area contributed by atoms with Crippen molar-refractivity contribution in [2.24, 2.45) is 5.92 Å². The monoisotopic (exact) mass is 365 g/mol. The summed E-state index contributed by atoms with van der Waals surface area (Å²) in [5, 5.41) is 9.27. The average molecular weight is 365 g/mol. The summed E-state index contributed by atoms with van der Waals surface area (Å²) in [6.07, 6.45) is 0.862. The van der Waals surface area contributed by atoms with E-state index in [1.165, 1.54) is 22.3 Å². The zero-order valence-corrected chi connectivity index (χ0v) is 15.3. The molecule has 4 rings (SSSR count). The Morgan fingerprint density at radius 3 is 2.22 bits per heavy atom. The Balaban J connectivity index is 1.50. The van der Waals surface area contributed by atoms with Crippen molar-refractivity contribution in [2.45, 2.75) is 31.7 Å². The van der Waals surface area contributed by atoms with E-state index in [0.29, 0.717) is 12.8 Å². The number of hydrogen-bond donors (Lipinski definition) is 1. The van der Waals surface area contributed by atoms with Gasteiger partial charge in [0, 0.05) is 18.5 Å². The van der Waals surface area contributed by atoms with Crippen LogP contribution in [0.5, 0.6) is 0 Å². The first kappa shape index (κ1) is 17.6. The lowest BCUT2D eigenvalue weighted by Crippen LogP contribution is -2.47. The van der Waals surface area contributed by atoms with Crippen LogP contribution in [0.1, 0.15) is 36.8 Å². The molecule has 0 saturated carbocycles. The molecule has 1 aliphatic carbocycles. The van der Waals surface area contributed by atoms with Gasteiger partial charge < -0.3 is 14.7 Å². The van der Waals surface area contributed by atoms with Gasteiger partial charge in [0.15, 0.2) is 0 Å². The van der Waals surface area contributed by atoms with Crippen molar-refractivity contribution in [3.63, 3.8) is 0 Å². The highest BCUT2D eigenvalue weighted by atomic mass is 16.6. The van der Waals surface area contributed by atoms with Crippen LogP contribution in [0, 0.1) is 5.92 Å². The molecule has 0 bridgehead atoms. The summed E-state index contributed by atoms with van der Waals surface area (Å²) in [7, 11) is 0. The van der Waals surface area contributed by atoms with Crippen molar-refractivity contribution < 1.29 is 19.4 Å². The number of carboxylic acid groups (broad SMARTS) is 1. The van der Waals surface area contributed by atoms with Gasteiger partial charge in [-0.15, -0.1) is 0 Å². The quantitative estimate of drug-likeness (QED) is 0.888. The third kappa shape index (κ3) is 3.18. The highest BCUT2D eigenvalue weighted by Crippen LogP contribution is 2.44. The van der Waals surface area contributed by atoms with Gasteiger partial charge in [-0.2, -0.15) is 0 Å². The lowest BCUT2D eigenvalue weighted by atomic mass is 9.94. The Hall–Kier alpha value is -2.82. The second kappa shape index (κ2) is 7.06. The number of rotatable bonds is 3. The van der Waals surface area contributed by atoms with E-state index in [-0.39, 0.29) is 25.1 Å². The molecule has 1 aliphatic heterocycles. The molecule has 27 heavy (non-hydrogen) atoms. The van der Waals surface area contributed by atoms with Crippen LogP contribution < -0.4 is 0 Å². The summed E-state index contributed by atoms with van der Waals surface area (Å²) in [5.41, 5.74) is 4.71. The lowest BCUT2D eigenvalue weighted by molar-refractivity contribution is -0.143. The average Bonchev–Trinajstić information content (AvgIpc) is 3.00. The van der Waals surface area contributed by atoms with E-state index in [4.69, 9.17) is 4.74 Å². The maximum absolute atomic E-state index is 12.7. The molecule has 1 saturated heterocycles. The summed E-state index contributed by atoms with van der Waals surface area (Å²) in [5.74, 6) is -1.35. The molecule has 1 heterocycles. The first-order valence-corrected chi connectivity index (χ1v) is 9.40. The molecule has 5 heteroatoms. The summed E-state index contributed by atoms with van der Waals surface area (Å²) in [6, 6.07) is 16.4. The number of piperidine rings is 1. The molecule has 0 spiro atoms. The van der Waals surface area contributed by atoms with Crippen LogP contribution >= 0.6 is 0 Å². The number of hydrogen-bond acceptors (Lipinski definition) is 3. The smallest absolute Gasteiger partial charge is 0.410 e. The molecule has 5 nitrogen and oxygen atoms in total. The number of aliphatic carboxylic acids is 1. The van der Waals surface area contributed by atoms with Crippen molar-refractivity contribution in [3.05, 3.63) is 59.7 Å². The second-order valence-electron chi connectivity index (χ2n) is 7.42. The van der Waals surface area contributed by atoms with Gasteiger partial charge >= 0.3 is 12.1 Å². The molecule has 2 aromatic rings. The van der Waals surface area contributed by atoms with E-state index < -0.39 is 18.0 Å². The van der Waals surface area contributed by atoms with Crippen LogP contribution in [-0.4, -0.2) is 41.3 Å². The summed E-state index contributed by atoms with van der Waals surface area (Å²) in [4.78, 5) is 25.5. The molecule has 1 fully saturated rings. The van der Waals surface area contributed by atoms with Gasteiger partial charge in [0.1, 0.15) is 6.61 Å². The van der Waals surface area contributed by atoms with Gasteiger partial charge in [0.2, 0.25) is 0 Å². The Morgan fingerprint density at radius 1 is 1.04 bits per heavy atom. The van der Waals surface area contributed by atoms with E-state index >= 15 is 0 Å². The first-order valence-electron chi connectivity index (χ1n) is 9.40. The van der Waals surface area contributed by atoms with E-state index in [9.17, 15) is 14.7 Å². The SMILES string of the molecule is CC1CCC(C(=O)O)CN1C(=O)OCC1c2ccccc2-c2ccccc21. The Morgan fingerprint density at radius 2 is 1.63 bits per heavy atom. The number of ether oxygens (including phenoxy) is 1. The van der Waals surface area contributed by atoms with Gasteiger partial charge in [0.05, 0.1) is 5.92 Å². The summed E-state index contributed by atoms with van der Waals surface area (Å²) >= 11 is 0. The topological polar surface area (TPSA) is 66.8 Å². The molecular formula is C22H23NO4. The number of carboxylic acids is 1. The van der Waals surface area contributed by atoms with Gasteiger partial charge in [-0.25, -0.2) is 4.79 Å². The lowest BCUT2D eigenvalue weighted by Gasteiger charge is -2.35. The van der Waals surface area contributed by atoms with Gasteiger partial charge in [-0.1, -0.05) is 48.5 Å². The van der Waals surface area contributed by atoms with Crippen LogP contribution in [0.2, 0.25) is 0 Å². The van der Waals surface area contributed by atoms with Crippen molar-refractivity contribution >= 4 is 12.1 Å². The minimum absolute atomic E-state index is 0.00347. The molecule has 1 N–H and O–H groups in total. The number of fused-ring (bicyclic) bond motifs is 3. The molecule has 2 atom stereocenters. The van der Waals surface area contributed by atoms with E-state index in [1.807, 2.05) is 31.2 Å². The number of nitrogens with zero attached hydrogens (tertiary/aromatic N) is 1. The van der Waals surface area contributed by atoms with Crippen molar-refractivity contribution in [3.8, 4) is 11.1 Å². The third-order valence-electron chi connectivity index (χ3n) is 5.80. The number of likely N-dealkylation sites (tertiary alicyclic amines) is 1. The normalized spacial score (nSPS) is 21.4. The Bertz CT molecular complexity index is 833. The maximum atomic E-state index is 12.7. The molecule has 0 radical (unpaired) electrons. The van der Waals surface area contributed by atoms with Crippen LogP contribution in [-0.2, 0) is 9.53 Å². The van der Waals surface area contributed by atoms with Crippen molar-refractivity contribution in [1.82, 2.24) is 4.90 Å². The Labute approximate surface area is 158 Å². The van der Waals surface area contributed by atoms with Gasteiger partial charge in [-0.3, -0.25) is 4.79 Å². The molecule has 2 aliphatic rings. The third-order valence-corrected chi connectivity index (χ3v) is 5.80. The molecule has 0 aromatic heterocycles. The predicted octanol–water partition coefficient (Wildman–Crippen LogP) is 4.12. The van der Waals surface area contributed by atoms with Crippen LogP contribution in [0.25, 0.3) is 11.1 Å². The first-order chi connectivity index (χ1) is 13.1. The van der Waals surface area contributed by atoms with Gasteiger partial charge in [0.25, 0.3) is 0 Å². The summed E-state index contributed by atoms with van der Waals surface area (Å²) < 4.78 is 5.67. The highest BCUT2D eigenvalue weighted by Gasteiger charge is 2.35. The van der Waals surface area contributed by atoms with E-state index in [1.54, 1.807) is 4.90 Å². The molecule has 2 aromatic carbocycles. The molecule has 140 valence electrons. The van der Waals surface area contributed by atoms with Crippen LogP contribution in [0.4, 0.5) is 4.79 Å². The largest absolute Gasteiger partial charge is 0.481 e. The maximum Gasteiger partial charge on any atom is 0.410 e. The Kier molecular flexibility index (Phi) is 4.60. The predicted molar refractivity (Wildman–Crippen MR) is 102 cm³/mol. The molecule has 2 unspecified atom stereocenters. The molecule has 1 amide bonds. The van der Waals surface area contributed by atoms with Crippen molar-refractivity contribution in [1.29, 1.82) is 0 Å². The van der Waals surface area contributed by atoms with Crippen LogP contribution in [0.3, 0.4) is 0 Å². The standard InChI is InChI=1S/C22H23NO4/c1-14-10-11-15(21(24)25)12-23(14)22(26)27-13-20-18-8-4-2-6-16(18)17-7-3-5-9-19(17)20/h2-9,14-15,20H,10-13H2,1H3,(H,24,25). The zero-order valence-electron chi connectivity index (χ0n) is 15.3. The second-order valence-corrected chi connectivity index (χ2v) is 7.42. The number of benzene rings is 2. The number of carbonyl (C=O) groups is 2. The minimum atomic E-state index is -0.849. The van der Waals surface area contributed by atoms with Crippen LogP contribution in [0.15, 0.2) is 48.5 Å². The fourth-order valence-corrected chi connectivity index (χ4v) is 4.24. The van der Waals surface area contributed by atoms with Crippen molar-refractivity contribution in [2.75, 3.05) is 13.2 Å².